The molecule has 4 heterocycles. The van der Waals surface area contributed by atoms with E-state index in [1.54, 1.807) is 0 Å². The standard InChI is InChI=1S/C75H65N5/c1-45-27-31-65-56(35-45)57-36-46(2)28-32-66(57)79(65)72-69(51-40-49(42-74(5,6)7)39-50(41-51)43-75(8,9)10)73(80-67-33-29-47(3)37-58(67)59-38-48(4)30-34-68(59)80)71(78-63-25-17-13-21-54(63)55-22-14-18-26-64(55)78)60(44-76)70(72)77-61-23-15-11-19-52(61)53-20-12-16-24-62(53)77/h11-41H,42-43H2,1-10H3. The molecule has 80 heavy (non-hydrogen) atoms. The van der Waals surface area contributed by atoms with E-state index in [9.17, 15) is 5.26 Å². The number of rotatable bonds is 7. The summed E-state index contributed by atoms with van der Waals surface area (Å²) in [5.41, 5.74) is 22.0. The van der Waals surface area contributed by atoms with Crippen LogP contribution in [0.25, 0.3) is 121 Å². The first-order valence-corrected chi connectivity index (χ1v) is 28.3. The molecular weight excluding hydrogens is 971 g/mol. The Morgan fingerprint density at radius 3 is 0.887 bits per heavy atom. The summed E-state index contributed by atoms with van der Waals surface area (Å²) in [7, 11) is 0. The quantitative estimate of drug-likeness (QED) is 0.157. The van der Waals surface area contributed by atoms with Crippen molar-refractivity contribution in [2.75, 3.05) is 0 Å². The fraction of sp³-hybridized carbons (Fsp3) is 0.187. The summed E-state index contributed by atoms with van der Waals surface area (Å²) in [5, 5.41) is 22.2. The maximum absolute atomic E-state index is 13.0. The van der Waals surface area contributed by atoms with E-state index in [4.69, 9.17) is 0 Å². The first kappa shape index (κ1) is 49.2. The minimum Gasteiger partial charge on any atom is -0.306 e. The highest BCUT2D eigenvalue weighted by Crippen LogP contribution is 2.52. The van der Waals surface area contributed by atoms with Gasteiger partial charge in [-0.3, -0.25) is 0 Å². The van der Waals surface area contributed by atoms with E-state index in [1.165, 1.54) is 54.9 Å². The average Bonchev–Trinajstić information content (AvgIpc) is 4.17. The summed E-state index contributed by atoms with van der Waals surface area (Å²) in [6, 6.07) is 73.4. The Kier molecular flexibility index (Phi) is 11.0. The average molecular weight is 1040 g/mol. The monoisotopic (exact) mass is 1040 g/mol. The van der Waals surface area contributed by atoms with Crippen LogP contribution < -0.4 is 0 Å². The summed E-state index contributed by atoms with van der Waals surface area (Å²) in [4.78, 5) is 0. The van der Waals surface area contributed by atoms with Gasteiger partial charge >= 0.3 is 0 Å². The van der Waals surface area contributed by atoms with E-state index in [2.05, 4.69) is 282 Å². The SMILES string of the molecule is Cc1ccc2c(c1)c1cc(C)ccc1n2-c1c(-c2cc(CC(C)(C)C)cc(CC(C)(C)C)c2)c(-n2c3ccc(C)cc3c3cc(C)ccc32)c(-n2c3ccccc3c3ccccc32)c(C#N)c1-n1c2ccccc2c2ccccc21. The van der Waals surface area contributed by atoms with Gasteiger partial charge in [0.15, 0.2) is 0 Å². The van der Waals surface area contributed by atoms with Crippen LogP contribution in [0, 0.1) is 49.9 Å². The minimum absolute atomic E-state index is 0.0126. The molecule has 0 amide bonds. The van der Waals surface area contributed by atoms with Crippen molar-refractivity contribution in [2.24, 2.45) is 10.8 Å². The number of hydrogen-bond acceptors (Lipinski definition) is 1. The summed E-state index contributed by atoms with van der Waals surface area (Å²) in [6.07, 6.45) is 1.75. The number of fused-ring (bicyclic) bond motifs is 12. The highest BCUT2D eigenvalue weighted by molar-refractivity contribution is 6.17. The molecule has 0 aliphatic heterocycles. The molecule has 0 spiro atoms. The van der Waals surface area contributed by atoms with Gasteiger partial charge in [-0.25, -0.2) is 0 Å². The lowest BCUT2D eigenvalue weighted by Gasteiger charge is -2.30. The van der Waals surface area contributed by atoms with E-state index < -0.39 is 0 Å². The molecule has 390 valence electrons. The van der Waals surface area contributed by atoms with E-state index in [-0.39, 0.29) is 10.8 Å². The van der Waals surface area contributed by atoms with E-state index >= 15 is 0 Å². The molecule has 5 heteroatoms. The molecule has 0 saturated heterocycles. The van der Waals surface area contributed by atoms with Gasteiger partial charge in [0, 0.05) is 48.7 Å². The van der Waals surface area contributed by atoms with Crippen LogP contribution in [-0.2, 0) is 12.8 Å². The molecule has 0 N–H and O–H groups in total. The normalized spacial score (nSPS) is 12.5. The van der Waals surface area contributed by atoms with Gasteiger partial charge in [0.2, 0.25) is 0 Å². The molecule has 0 unspecified atom stereocenters. The topological polar surface area (TPSA) is 43.5 Å². The van der Waals surface area contributed by atoms with Crippen LogP contribution in [-0.4, -0.2) is 18.3 Å². The van der Waals surface area contributed by atoms with Crippen molar-refractivity contribution in [2.45, 2.75) is 82.1 Å². The van der Waals surface area contributed by atoms with Crippen LogP contribution in [0.5, 0.6) is 0 Å². The summed E-state index contributed by atoms with van der Waals surface area (Å²) in [6.45, 7) is 22.9. The fourth-order valence-corrected chi connectivity index (χ4v) is 13.6. The molecule has 0 atom stereocenters. The van der Waals surface area contributed by atoms with Crippen molar-refractivity contribution in [1.29, 1.82) is 5.26 Å². The molecule has 14 rings (SSSR count). The molecule has 0 saturated carbocycles. The van der Waals surface area contributed by atoms with Crippen LogP contribution in [0.1, 0.15) is 80.5 Å². The second-order valence-corrected chi connectivity index (χ2v) is 25.3. The second kappa shape index (κ2) is 18.0. The number of benzene rings is 10. The van der Waals surface area contributed by atoms with Gasteiger partial charge in [-0.1, -0.05) is 179 Å². The molecule has 10 aromatic carbocycles. The third-order valence-corrected chi connectivity index (χ3v) is 16.5. The van der Waals surface area contributed by atoms with Crippen LogP contribution in [0.3, 0.4) is 0 Å². The lowest BCUT2D eigenvalue weighted by Crippen LogP contribution is -2.17. The van der Waals surface area contributed by atoms with Crippen molar-refractivity contribution in [3.8, 4) is 39.9 Å². The minimum atomic E-state index is -0.0126. The van der Waals surface area contributed by atoms with Crippen molar-refractivity contribution < 1.29 is 0 Å². The number of para-hydroxylation sites is 4. The highest BCUT2D eigenvalue weighted by Gasteiger charge is 2.35. The first-order valence-electron chi connectivity index (χ1n) is 28.3. The zero-order valence-electron chi connectivity index (χ0n) is 47.5. The zero-order chi connectivity index (χ0) is 55.1. The van der Waals surface area contributed by atoms with Gasteiger partial charge in [0.1, 0.15) is 11.6 Å². The van der Waals surface area contributed by atoms with Gasteiger partial charge in [0.05, 0.1) is 66.9 Å². The number of hydrogen-bond donors (Lipinski definition) is 0. The Morgan fingerprint density at radius 2 is 0.600 bits per heavy atom. The molecule has 14 aromatic rings. The maximum Gasteiger partial charge on any atom is 0.104 e. The van der Waals surface area contributed by atoms with Gasteiger partial charge in [0.25, 0.3) is 0 Å². The van der Waals surface area contributed by atoms with E-state index in [1.807, 2.05) is 0 Å². The number of nitrogens with zero attached hydrogens (tertiary/aromatic N) is 5. The third kappa shape index (κ3) is 7.71. The molecule has 0 fully saturated rings. The number of nitriles is 1. The maximum atomic E-state index is 13.0. The lowest BCUT2D eigenvalue weighted by molar-refractivity contribution is 0.406. The van der Waals surface area contributed by atoms with Crippen molar-refractivity contribution in [1.82, 2.24) is 18.3 Å². The second-order valence-electron chi connectivity index (χ2n) is 25.3. The van der Waals surface area contributed by atoms with Crippen molar-refractivity contribution >= 4 is 87.2 Å². The lowest BCUT2D eigenvalue weighted by atomic mass is 9.82. The summed E-state index contributed by atoms with van der Waals surface area (Å²) >= 11 is 0. The number of aryl methyl sites for hydroxylation is 4. The Bertz CT molecular complexity index is 4440. The van der Waals surface area contributed by atoms with Crippen LogP contribution in [0.15, 0.2) is 188 Å². The molecule has 4 aromatic heterocycles. The third-order valence-electron chi connectivity index (χ3n) is 16.5. The van der Waals surface area contributed by atoms with Crippen molar-refractivity contribution in [3.63, 3.8) is 0 Å². The Morgan fingerprint density at radius 1 is 0.325 bits per heavy atom. The smallest absolute Gasteiger partial charge is 0.104 e. The van der Waals surface area contributed by atoms with Crippen LogP contribution in [0.2, 0.25) is 0 Å². The van der Waals surface area contributed by atoms with Gasteiger partial charge < -0.3 is 18.3 Å². The molecular formula is C75H65N5. The van der Waals surface area contributed by atoms with E-state index in [0.29, 0.717) is 5.56 Å². The summed E-state index contributed by atoms with van der Waals surface area (Å²) < 4.78 is 9.97. The van der Waals surface area contributed by atoms with E-state index in [0.717, 1.165) is 112 Å². The molecule has 0 aliphatic rings. The highest BCUT2D eigenvalue weighted by atomic mass is 15.1. The number of aromatic nitrogens is 4. The van der Waals surface area contributed by atoms with Gasteiger partial charge in [-0.05, 0) is 141 Å². The molecule has 5 nitrogen and oxygen atoms in total. The Labute approximate surface area is 468 Å². The molecule has 0 aliphatic carbocycles. The summed E-state index contributed by atoms with van der Waals surface area (Å²) in [5.74, 6) is 0. The Balaban J connectivity index is 1.37. The van der Waals surface area contributed by atoms with Crippen LogP contribution >= 0.6 is 0 Å². The zero-order valence-corrected chi connectivity index (χ0v) is 47.5. The van der Waals surface area contributed by atoms with Gasteiger partial charge in [-0.2, -0.15) is 5.26 Å². The fourth-order valence-electron chi connectivity index (χ4n) is 13.6. The largest absolute Gasteiger partial charge is 0.306 e. The predicted molar refractivity (Wildman–Crippen MR) is 339 cm³/mol. The first-order chi connectivity index (χ1) is 38.5. The van der Waals surface area contributed by atoms with Crippen molar-refractivity contribution in [3.05, 3.63) is 227 Å². The molecule has 0 radical (unpaired) electrons. The Hall–Kier alpha value is -9.11. The molecule has 0 bridgehead atoms. The predicted octanol–water partition coefficient (Wildman–Crippen LogP) is 20.0. The van der Waals surface area contributed by atoms with Crippen LogP contribution in [0.4, 0.5) is 0 Å². The van der Waals surface area contributed by atoms with Gasteiger partial charge in [-0.15, -0.1) is 0 Å².